The van der Waals surface area contributed by atoms with Crippen LogP contribution >= 0.6 is 0 Å². The first-order chi connectivity index (χ1) is 4.22. The quantitative estimate of drug-likeness (QED) is 0.392. The van der Waals surface area contributed by atoms with Gasteiger partial charge in [0.2, 0.25) is 5.91 Å². The molecule has 4 N–H and O–H groups in total. The average Bonchev–Trinajstić information content (AvgIpc) is 2.13. The first-order valence-corrected chi connectivity index (χ1v) is 2.92. The highest BCUT2D eigenvalue weighted by molar-refractivity contribution is 5.80. The Labute approximate surface area is 53.0 Å². The predicted octanol–water partition coefficient (Wildman–Crippen LogP) is -1.81. The number of hydrogen-bond acceptors (Lipinski definition) is 3. The molecule has 4 nitrogen and oxygen atoms in total. The second-order valence-corrected chi connectivity index (χ2v) is 2.19. The third kappa shape index (κ3) is 1.20. The number of aliphatic hydroxyl groups excluding tert-OH is 1. The lowest BCUT2D eigenvalue weighted by molar-refractivity contribution is -0.121. The van der Waals surface area contributed by atoms with Crippen LogP contribution in [0, 0.1) is 0 Å². The van der Waals surface area contributed by atoms with Crippen molar-refractivity contribution >= 4 is 5.91 Å². The lowest BCUT2D eigenvalue weighted by atomic mass is 10.2. The van der Waals surface area contributed by atoms with Gasteiger partial charge in [-0.15, -0.1) is 0 Å². The standard InChI is InChI=1S/C5H10N2O2/c6-5(9)4-3(8)1-2-7-4/h3-4,7-8H,1-2H2,(H2,6,9)/t3-,4-/m1/s1. The van der Waals surface area contributed by atoms with Crippen molar-refractivity contribution in [2.24, 2.45) is 5.73 Å². The molecular formula is C5H10N2O2. The van der Waals surface area contributed by atoms with Crippen LogP contribution in [-0.2, 0) is 4.79 Å². The average molecular weight is 130 g/mol. The molecule has 1 aliphatic heterocycles. The first-order valence-electron chi connectivity index (χ1n) is 2.92. The van der Waals surface area contributed by atoms with Crippen LogP contribution in [0.2, 0.25) is 0 Å². The topological polar surface area (TPSA) is 75.4 Å². The van der Waals surface area contributed by atoms with Crippen LogP contribution in [0.1, 0.15) is 6.42 Å². The second-order valence-electron chi connectivity index (χ2n) is 2.19. The van der Waals surface area contributed by atoms with E-state index in [2.05, 4.69) is 5.32 Å². The molecule has 0 aliphatic carbocycles. The van der Waals surface area contributed by atoms with E-state index in [9.17, 15) is 4.79 Å². The largest absolute Gasteiger partial charge is 0.391 e. The summed E-state index contributed by atoms with van der Waals surface area (Å²) in [5, 5.41) is 11.8. The van der Waals surface area contributed by atoms with Crippen LogP contribution in [0.4, 0.5) is 0 Å². The van der Waals surface area contributed by atoms with Crippen LogP contribution in [0.3, 0.4) is 0 Å². The van der Waals surface area contributed by atoms with E-state index in [0.29, 0.717) is 13.0 Å². The number of hydrogen-bond donors (Lipinski definition) is 3. The minimum absolute atomic E-state index is 0.472. The highest BCUT2D eigenvalue weighted by atomic mass is 16.3. The summed E-state index contributed by atoms with van der Waals surface area (Å²) in [6, 6.07) is -0.523. The zero-order valence-electron chi connectivity index (χ0n) is 5.00. The van der Waals surface area contributed by atoms with Crippen molar-refractivity contribution in [3.8, 4) is 0 Å². The van der Waals surface area contributed by atoms with E-state index in [4.69, 9.17) is 10.8 Å². The third-order valence-electron chi connectivity index (χ3n) is 1.50. The fraction of sp³-hybridized carbons (Fsp3) is 0.800. The second kappa shape index (κ2) is 2.33. The van der Waals surface area contributed by atoms with Gasteiger partial charge in [-0.3, -0.25) is 4.79 Å². The summed E-state index contributed by atoms with van der Waals surface area (Å²) in [6.45, 7) is 0.675. The number of nitrogens with one attached hydrogen (secondary N) is 1. The molecular weight excluding hydrogens is 120 g/mol. The number of carbonyl (C=O) groups excluding carboxylic acids is 1. The Balaban J connectivity index is 2.49. The summed E-state index contributed by atoms with van der Waals surface area (Å²) in [5.41, 5.74) is 4.93. The Kier molecular flexibility index (Phi) is 1.68. The molecule has 1 aliphatic rings. The Bertz CT molecular complexity index is 126. The van der Waals surface area contributed by atoms with Gasteiger partial charge in [-0.1, -0.05) is 0 Å². The molecule has 2 atom stereocenters. The van der Waals surface area contributed by atoms with Gasteiger partial charge in [0, 0.05) is 0 Å². The summed E-state index contributed by atoms with van der Waals surface area (Å²) in [6.07, 6.45) is 0.0376. The lowest BCUT2D eigenvalue weighted by Crippen LogP contribution is -2.42. The van der Waals surface area contributed by atoms with Gasteiger partial charge in [0.05, 0.1) is 6.10 Å². The van der Waals surface area contributed by atoms with E-state index in [1.165, 1.54) is 0 Å². The van der Waals surface area contributed by atoms with Crippen LogP contribution in [0.5, 0.6) is 0 Å². The summed E-state index contributed by atoms with van der Waals surface area (Å²) < 4.78 is 0. The van der Waals surface area contributed by atoms with E-state index in [1.807, 2.05) is 0 Å². The van der Waals surface area contributed by atoms with Gasteiger partial charge in [-0.05, 0) is 13.0 Å². The van der Waals surface area contributed by atoms with Crippen molar-refractivity contribution < 1.29 is 9.90 Å². The number of primary amides is 1. The minimum Gasteiger partial charge on any atom is -0.391 e. The molecule has 1 rings (SSSR count). The normalized spacial score (nSPS) is 34.8. The van der Waals surface area contributed by atoms with E-state index >= 15 is 0 Å². The minimum atomic E-state index is -0.581. The maximum absolute atomic E-state index is 10.4. The van der Waals surface area contributed by atoms with Gasteiger partial charge in [-0.2, -0.15) is 0 Å². The van der Waals surface area contributed by atoms with Crippen molar-refractivity contribution in [3.63, 3.8) is 0 Å². The summed E-state index contributed by atoms with van der Waals surface area (Å²) in [7, 11) is 0. The Morgan fingerprint density at radius 2 is 2.44 bits per heavy atom. The highest BCUT2D eigenvalue weighted by Gasteiger charge is 2.28. The fourth-order valence-electron chi connectivity index (χ4n) is 0.980. The Morgan fingerprint density at radius 1 is 1.78 bits per heavy atom. The van der Waals surface area contributed by atoms with Crippen LogP contribution in [-0.4, -0.2) is 29.7 Å². The molecule has 0 aromatic carbocycles. The fourth-order valence-corrected chi connectivity index (χ4v) is 0.980. The van der Waals surface area contributed by atoms with Gasteiger partial charge in [-0.25, -0.2) is 0 Å². The molecule has 0 aromatic rings. The van der Waals surface area contributed by atoms with Gasteiger partial charge in [0.1, 0.15) is 6.04 Å². The van der Waals surface area contributed by atoms with E-state index in [-0.39, 0.29) is 0 Å². The van der Waals surface area contributed by atoms with E-state index in [1.54, 1.807) is 0 Å². The van der Waals surface area contributed by atoms with Crippen molar-refractivity contribution in [3.05, 3.63) is 0 Å². The summed E-state index contributed by atoms with van der Waals surface area (Å²) >= 11 is 0. The summed E-state index contributed by atoms with van der Waals surface area (Å²) in [4.78, 5) is 10.4. The van der Waals surface area contributed by atoms with E-state index in [0.717, 1.165) is 0 Å². The molecule has 0 bridgehead atoms. The molecule has 4 heteroatoms. The molecule has 1 fully saturated rings. The van der Waals surface area contributed by atoms with Crippen molar-refractivity contribution in [2.75, 3.05) is 6.54 Å². The molecule has 0 unspecified atom stereocenters. The number of aliphatic hydroxyl groups is 1. The van der Waals surface area contributed by atoms with Gasteiger partial charge < -0.3 is 16.2 Å². The number of carbonyl (C=O) groups is 1. The molecule has 0 radical (unpaired) electrons. The zero-order chi connectivity index (χ0) is 6.85. The van der Waals surface area contributed by atoms with Gasteiger partial charge in [0.15, 0.2) is 0 Å². The summed E-state index contributed by atoms with van der Waals surface area (Å²) in [5.74, 6) is -0.472. The number of rotatable bonds is 1. The van der Waals surface area contributed by atoms with Gasteiger partial charge >= 0.3 is 0 Å². The molecule has 0 aromatic heterocycles. The number of nitrogens with two attached hydrogens (primary N) is 1. The third-order valence-corrected chi connectivity index (χ3v) is 1.50. The maximum atomic E-state index is 10.4. The molecule has 1 heterocycles. The van der Waals surface area contributed by atoms with Crippen molar-refractivity contribution in [1.82, 2.24) is 5.32 Å². The number of amides is 1. The molecule has 52 valence electrons. The molecule has 0 saturated carbocycles. The molecule has 1 amide bonds. The lowest BCUT2D eigenvalue weighted by Gasteiger charge is -2.08. The zero-order valence-corrected chi connectivity index (χ0v) is 5.00. The van der Waals surface area contributed by atoms with Crippen LogP contribution in [0.15, 0.2) is 0 Å². The SMILES string of the molecule is NC(=O)[C@@H]1NCC[C@H]1O. The highest BCUT2D eigenvalue weighted by Crippen LogP contribution is 2.04. The van der Waals surface area contributed by atoms with Crippen molar-refractivity contribution in [2.45, 2.75) is 18.6 Å². The molecule has 0 spiro atoms. The first kappa shape index (κ1) is 6.51. The maximum Gasteiger partial charge on any atom is 0.237 e. The van der Waals surface area contributed by atoms with Crippen LogP contribution in [0.25, 0.3) is 0 Å². The van der Waals surface area contributed by atoms with Gasteiger partial charge in [0.25, 0.3) is 0 Å². The Morgan fingerprint density at radius 3 is 2.67 bits per heavy atom. The molecule has 9 heavy (non-hydrogen) atoms. The monoisotopic (exact) mass is 130 g/mol. The predicted molar refractivity (Wildman–Crippen MR) is 31.6 cm³/mol. The smallest absolute Gasteiger partial charge is 0.237 e. The Hall–Kier alpha value is -0.610. The van der Waals surface area contributed by atoms with Crippen molar-refractivity contribution in [1.29, 1.82) is 0 Å². The van der Waals surface area contributed by atoms with E-state index < -0.39 is 18.1 Å². The van der Waals surface area contributed by atoms with Crippen LogP contribution < -0.4 is 11.1 Å². The molecule has 1 saturated heterocycles.